The Hall–Kier alpha value is -2.52. The van der Waals surface area contributed by atoms with Crippen molar-refractivity contribution in [3.05, 3.63) is 83.1 Å². The van der Waals surface area contributed by atoms with Gasteiger partial charge in [0.1, 0.15) is 0 Å². The summed E-state index contributed by atoms with van der Waals surface area (Å²) >= 11 is 5.97. The molecule has 0 bridgehead atoms. The minimum absolute atomic E-state index is 0.311. The van der Waals surface area contributed by atoms with E-state index in [2.05, 4.69) is 12.1 Å². The van der Waals surface area contributed by atoms with E-state index in [1.807, 2.05) is 59.4 Å². The van der Waals surface area contributed by atoms with Gasteiger partial charge in [0.05, 0.1) is 12.2 Å². The molecule has 3 rings (SSSR count). The predicted octanol–water partition coefficient (Wildman–Crippen LogP) is 5.03. The van der Waals surface area contributed by atoms with Gasteiger partial charge in [0, 0.05) is 29.5 Å². The molecular formula is C20H18ClNO2. The van der Waals surface area contributed by atoms with Crippen molar-refractivity contribution in [1.29, 1.82) is 0 Å². The lowest BCUT2D eigenvalue weighted by atomic mass is 10.1. The molecular weight excluding hydrogens is 322 g/mol. The van der Waals surface area contributed by atoms with Crippen molar-refractivity contribution >= 4 is 17.6 Å². The van der Waals surface area contributed by atoms with Gasteiger partial charge in [-0.05, 0) is 30.2 Å². The first-order chi connectivity index (χ1) is 11.7. The van der Waals surface area contributed by atoms with Gasteiger partial charge in [-0.1, -0.05) is 54.1 Å². The zero-order chi connectivity index (χ0) is 16.9. The zero-order valence-electron chi connectivity index (χ0n) is 13.4. The van der Waals surface area contributed by atoms with E-state index in [-0.39, 0.29) is 5.97 Å². The largest absolute Gasteiger partial charge is 0.462 e. The molecule has 2 aromatic carbocycles. The Balaban J connectivity index is 1.99. The van der Waals surface area contributed by atoms with E-state index in [4.69, 9.17) is 16.3 Å². The van der Waals surface area contributed by atoms with Gasteiger partial charge in [-0.3, -0.25) is 0 Å². The van der Waals surface area contributed by atoms with E-state index in [0.29, 0.717) is 23.7 Å². The number of halogens is 1. The van der Waals surface area contributed by atoms with Gasteiger partial charge in [0.15, 0.2) is 0 Å². The van der Waals surface area contributed by atoms with Crippen LogP contribution in [-0.2, 0) is 11.3 Å². The molecule has 0 unspecified atom stereocenters. The Morgan fingerprint density at radius 2 is 1.75 bits per heavy atom. The summed E-state index contributed by atoms with van der Waals surface area (Å²) in [4.78, 5) is 12.3. The summed E-state index contributed by atoms with van der Waals surface area (Å²) in [5, 5.41) is 0.667. The molecule has 0 fully saturated rings. The highest BCUT2D eigenvalue weighted by Gasteiger charge is 2.17. The Morgan fingerprint density at radius 3 is 2.42 bits per heavy atom. The van der Waals surface area contributed by atoms with Gasteiger partial charge in [-0.15, -0.1) is 0 Å². The molecule has 0 aliphatic carbocycles. The second-order valence-corrected chi connectivity index (χ2v) is 5.91. The summed E-state index contributed by atoms with van der Waals surface area (Å²) in [6, 6.07) is 17.6. The smallest absolute Gasteiger partial charge is 0.340 e. The van der Waals surface area contributed by atoms with Crippen LogP contribution in [0.5, 0.6) is 0 Å². The molecule has 0 aliphatic heterocycles. The number of benzene rings is 2. The fourth-order valence-corrected chi connectivity index (χ4v) is 2.75. The topological polar surface area (TPSA) is 31.2 Å². The monoisotopic (exact) mass is 339 g/mol. The van der Waals surface area contributed by atoms with Crippen LogP contribution in [0.4, 0.5) is 0 Å². The lowest BCUT2D eigenvalue weighted by molar-refractivity contribution is 0.0527. The summed E-state index contributed by atoms with van der Waals surface area (Å²) in [5.74, 6) is -0.311. The number of esters is 1. The minimum atomic E-state index is -0.311. The number of hydrogen-bond acceptors (Lipinski definition) is 2. The summed E-state index contributed by atoms with van der Waals surface area (Å²) in [5.41, 5.74) is 3.52. The standard InChI is InChI=1S/C20H18ClNO2/c1-2-24-20(23)19-14-22(12-15-6-4-3-5-7-15)13-18(19)16-8-10-17(21)11-9-16/h3-11,13-14H,2,12H2,1H3. The fraction of sp³-hybridized carbons (Fsp3) is 0.150. The van der Waals surface area contributed by atoms with E-state index in [1.54, 1.807) is 6.92 Å². The van der Waals surface area contributed by atoms with E-state index >= 15 is 0 Å². The summed E-state index contributed by atoms with van der Waals surface area (Å²) in [7, 11) is 0. The second kappa shape index (κ2) is 7.37. The molecule has 0 aliphatic rings. The summed E-state index contributed by atoms with van der Waals surface area (Å²) < 4.78 is 7.20. The van der Waals surface area contributed by atoms with Crippen LogP contribution in [-0.4, -0.2) is 17.1 Å². The highest BCUT2D eigenvalue weighted by atomic mass is 35.5. The molecule has 3 aromatic rings. The second-order valence-electron chi connectivity index (χ2n) is 5.47. The van der Waals surface area contributed by atoms with Gasteiger partial charge in [-0.25, -0.2) is 4.79 Å². The molecule has 24 heavy (non-hydrogen) atoms. The molecule has 1 heterocycles. The van der Waals surface area contributed by atoms with Gasteiger partial charge in [-0.2, -0.15) is 0 Å². The molecule has 3 nitrogen and oxygen atoms in total. The van der Waals surface area contributed by atoms with Crippen LogP contribution in [0.2, 0.25) is 5.02 Å². The van der Waals surface area contributed by atoms with Crippen LogP contribution in [0, 0.1) is 0 Å². The van der Waals surface area contributed by atoms with Crippen molar-refractivity contribution in [3.63, 3.8) is 0 Å². The Kier molecular flexibility index (Phi) is 5.02. The lowest BCUT2D eigenvalue weighted by Gasteiger charge is -2.04. The quantitative estimate of drug-likeness (QED) is 0.610. The SMILES string of the molecule is CCOC(=O)c1cn(Cc2ccccc2)cc1-c1ccc(Cl)cc1. The first kappa shape index (κ1) is 16.3. The number of carbonyl (C=O) groups excluding carboxylic acids is 1. The van der Waals surface area contributed by atoms with E-state index in [0.717, 1.165) is 11.1 Å². The number of hydrogen-bond donors (Lipinski definition) is 0. The van der Waals surface area contributed by atoms with Gasteiger partial charge < -0.3 is 9.30 Å². The average molecular weight is 340 g/mol. The number of nitrogens with zero attached hydrogens (tertiary/aromatic N) is 1. The Labute approximate surface area is 146 Å². The molecule has 122 valence electrons. The summed E-state index contributed by atoms with van der Waals surface area (Å²) in [6.07, 6.45) is 3.82. The van der Waals surface area contributed by atoms with Gasteiger partial charge in [0.25, 0.3) is 0 Å². The third kappa shape index (κ3) is 3.69. The number of rotatable bonds is 5. The molecule has 0 spiro atoms. The van der Waals surface area contributed by atoms with E-state index < -0.39 is 0 Å². The molecule has 0 saturated heterocycles. The normalized spacial score (nSPS) is 10.6. The third-order valence-electron chi connectivity index (χ3n) is 3.74. The van der Waals surface area contributed by atoms with Crippen LogP contribution < -0.4 is 0 Å². The maximum atomic E-state index is 12.3. The van der Waals surface area contributed by atoms with Crippen LogP contribution >= 0.6 is 11.6 Å². The van der Waals surface area contributed by atoms with E-state index in [1.165, 1.54) is 5.56 Å². The van der Waals surface area contributed by atoms with Crippen LogP contribution in [0.1, 0.15) is 22.8 Å². The maximum Gasteiger partial charge on any atom is 0.340 e. The highest BCUT2D eigenvalue weighted by molar-refractivity contribution is 6.30. The first-order valence-electron chi connectivity index (χ1n) is 7.84. The molecule has 4 heteroatoms. The van der Waals surface area contributed by atoms with Crippen molar-refractivity contribution in [2.75, 3.05) is 6.61 Å². The van der Waals surface area contributed by atoms with Crippen LogP contribution in [0.3, 0.4) is 0 Å². The van der Waals surface area contributed by atoms with Crippen LogP contribution in [0.15, 0.2) is 67.0 Å². The average Bonchev–Trinajstić information content (AvgIpc) is 3.00. The molecule has 0 atom stereocenters. The number of carbonyl (C=O) groups is 1. The van der Waals surface area contributed by atoms with Crippen molar-refractivity contribution in [2.45, 2.75) is 13.5 Å². The molecule has 1 aromatic heterocycles. The Bertz CT molecular complexity index is 823. The van der Waals surface area contributed by atoms with Crippen molar-refractivity contribution in [3.8, 4) is 11.1 Å². The van der Waals surface area contributed by atoms with Gasteiger partial charge >= 0.3 is 5.97 Å². The third-order valence-corrected chi connectivity index (χ3v) is 3.99. The van der Waals surface area contributed by atoms with Crippen molar-refractivity contribution < 1.29 is 9.53 Å². The maximum absolute atomic E-state index is 12.3. The van der Waals surface area contributed by atoms with E-state index in [9.17, 15) is 4.79 Å². The predicted molar refractivity (Wildman–Crippen MR) is 96.4 cm³/mol. The lowest BCUT2D eigenvalue weighted by Crippen LogP contribution is -2.05. The highest BCUT2D eigenvalue weighted by Crippen LogP contribution is 2.27. The summed E-state index contributed by atoms with van der Waals surface area (Å²) in [6.45, 7) is 2.85. The molecule has 0 radical (unpaired) electrons. The van der Waals surface area contributed by atoms with Crippen molar-refractivity contribution in [2.24, 2.45) is 0 Å². The van der Waals surface area contributed by atoms with Gasteiger partial charge in [0.2, 0.25) is 0 Å². The van der Waals surface area contributed by atoms with Crippen LogP contribution in [0.25, 0.3) is 11.1 Å². The zero-order valence-corrected chi connectivity index (χ0v) is 14.2. The number of aromatic nitrogens is 1. The molecule has 0 saturated carbocycles. The van der Waals surface area contributed by atoms with Crippen molar-refractivity contribution in [1.82, 2.24) is 4.57 Å². The molecule has 0 amide bonds. The Morgan fingerprint density at radius 1 is 1.04 bits per heavy atom. The fourth-order valence-electron chi connectivity index (χ4n) is 2.62. The molecule has 0 N–H and O–H groups in total. The first-order valence-corrected chi connectivity index (χ1v) is 8.22. The minimum Gasteiger partial charge on any atom is -0.462 e. The number of ether oxygens (including phenoxy) is 1.